The fraction of sp³-hybridized carbons (Fsp3) is 0.250. The van der Waals surface area contributed by atoms with Crippen LogP contribution in [0.3, 0.4) is 0 Å². The molecule has 0 atom stereocenters. The number of hydrogen-bond acceptors (Lipinski definition) is 9. The van der Waals surface area contributed by atoms with Gasteiger partial charge in [0, 0.05) is 109 Å². The van der Waals surface area contributed by atoms with Gasteiger partial charge in [0.05, 0.1) is 34.5 Å². The topological polar surface area (TPSA) is 110 Å². The standard InChI is InChI=1S/C22H20ClN5O.C22H20ClN5/c23-16-1-3-17(4-2-16)28-20-14-24-9-6-19(20)26-22(28)15-7-11-27(12-8-15)21-13-18(29)5-10-25-21;23-17-1-3-19(4-2-17)28-21-15-25-12-7-20(21)26-22(28)16-8-13-27(14-9-16)18-5-10-24-11-6-18/h1-4,6,9-10,13-15H,5,7-8,11-12H2;1-7,10-12,15-16H,8-9,13-14H2. The van der Waals surface area contributed by atoms with Gasteiger partial charge in [-0.2, -0.15) is 0 Å². The van der Waals surface area contributed by atoms with Gasteiger partial charge >= 0.3 is 0 Å². The first-order valence-corrected chi connectivity index (χ1v) is 20.1. The largest absolute Gasteiger partial charge is 0.371 e. The highest BCUT2D eigenvalue weighted by Gasteiger charge is 2.29. The molecule has 2 fully saturated rings. The summed E-state index contributed by atoms with van der Waals surface area (Å²) in [6.07, 6.45) is 18.8. The number of imidazole rings is 2. The van der Waals surface area contributed by atoms with Crippen molar-refractivity contribution in [1.29, 1.82) is 0 Å². The molecule has 10 rings (SSSR count). The lowest BCUT2D eigenvalue weighted by molar-refractivity contribution is -0.113. The van der Waals surface area contributed by atoms with Crippen molar-refractivity contribution in [2.75, 3.05) is 31.1 Å². The molecule has 0 N–H and O–H groups in total. The number of fused-ring (bicyclic) bond motifs is 2. The summed E-state index contributed by atoms with van der Waals surface area (Å²) in [5, 5.41) is 1.44. The highest BCUT2D eigenvalue weighted by atomic mass is 35.5. The van der Waals surface area contributed by atoms with Crippen molar-refractivity contribution < 1.29 is 4.79 Å². The average molecular weight is 796 g/mol. The van der Waals surface area contributed by atoms with Crippen LogP contribution < -0.4 is 4.90 Å². The van der Waals surface area contributed by atoms with Crippen molar-refractivity contribution in [2.45, 2.75) is 43.9 Å². The van der Waals surface area contributed by atoms with E-state index in [1.807, 2.05) is 85.5 Å². The van der Waals surface area contributed by atoms with E-state index >= 15 is 0 Å². The van der Waals surface area contributed by atoms with Gasteiger partial charge < -0.3 is 9.80 Å². The van der Waals surface area contributed by atoms with Crippen molar-refractivity contribution in [1.82, 2.24) is 39.0 Å². The highest BCUT2D eigenvalue weighted by molar-refractivity contribution is 6.30. The SMILES string of the molecule is Clc1ccc(-n2c(C3CCN(c4ccncc4)CC3)nc3ccncc32)cc1.O=C1C=C(N2CCC(c3nc4ccncc4n3-c3ccc(Cl)cc3)CC2)N=CC1. The minimum absolute atomic E-state index is 0.120. The van der Waals surface area contributed by atoms with Crippen molar-refractivity contribution in [2.24, 2.45) is 4.99 Å². The van der Waals surface area contributed by atoms with Crippen LogP contribution in [0.5, 0.6) is 0 Å². The monoisotopic (exact) mass is 794 g/mol. The minimum atomic E-state index is 0.120. The Morgan fingerprint density at radius 1 is 0.544 bits per heavy atom. The van der Waals surface area contributed by atoms with Crippen LogP contribution in [0.15, 0.2) is 127 Å². The number of nitrogens with zero attached hydrogens (tertiary/aromatic N) is 10. The van der Waals surface area contributed by atoms with Crippen molar-refractivity contribution in [3.8, 4) is 11.4 Å². The summed E-state index contributed by atoms with van der Waals surface area (Å²) in [7, 11) is 0. The fourth-order valence-corrected chi connectivity index (χ4v) is 8.37. The molecule has 13 heteroatoms. The molecule has 0 bridgehead atoms. The molecule has 57 heavy (non-hydrogen) atoms. The molecule has 2 saturated heterocycles. The molecule has 286 valence electrons. The van der Waals surface area contributed by atoms with Gasteiger partial charge in [0.1, 0.15) is 17.5 Å². The predicted octanol–water partition coefficient (Wildman–Crippen LogP) is 8.99. The van der Waals surface area contributed by atoms with E-state index < -0.39 is 0 Å². The van der Waals surface area contributed by atoms with Crippen LogP contribution in [-0.2, 0) is 4.79 Å². The van der Waals surface area contributed by atoms with E-state index in [1.54, 1.807) is 24.7 Å². The van der Waals surface area contributed by atoms with Crippen LogP contribution in [0.2, 0.25) is 10.0 Å². The second-order valence-corrected chi connectivity index (χ2v) is 15.4. The smallest absolute Gasteiger partial charge is 0.164 e. The number of pyridine rings is 3. The zero-order valence-corrected chi connectivity index (χ0v) is 32.7. The molecule has 11 nitrogen and oxygen atoms in total. The lowest BCUT2D eigenvalue weighted by Crippen LogP contribution is -2.33. The number of rotatable bonds is 6. The zero-order valence-electron chi connectivity index (χ0n) is 31.2. The summed E-state index contributed by atoms with van der Waals surface area (Å²) in [5.74, 6) is 3.79. The van der Waals surface area contributed by atoms with E-state index in [1.165, 1.54) is 5.69 Å². The van der Waals surface area contributed by atoms with E-state index in [-0.39, 0.29) is 5.78 Å². The summed E-state index contributed by atoms with van der Waals surface area (Å²) < 4.78 is 4.44. The Morgan fingerprint density at radius 3 is 1.51 bits per heavy atom. The number of anilines is 1. The Hall–Kier alpha value is -5.91. The molecular formula is C44H40Cl2N10O. The first kappa shape index (κ1) is 36.7. The van der Waals surface area contributed by atoms with Crippen LogP contribution in [-0.4, -0.2) is 77.1 Å². The van der Waals surface area contributed by atoms with Gasteiger partial charge in [-0.15, -0.1) is 0 Å². The fourth-order valence-electron chi connectivity index (χ4n) is 8.12. The Labute approximate surface area is 340 Å². The van der Waals surface area contributed by atoms with E-state index in [0.717, 1.165) is 108 Å². The number of aromatic nitrogens is 7. The van der Waals surface area contributed by atoms with Crippen molar-refractivity contribution in [3.05, 3.63) is 144 Å². The maximum atomic E-state index is 11.7. The van der Waals surface area contributed by atoms with Crippen LogP contribution in [0.1, 0.15) is 55.6 Å². The molecule has 2 aromatic carbocycles. The van der Waals surface area contributed by atoms with Gasteiger partial charge in [0.15, 0.2) is 5.78 Å². The third-order valence-electron chi connectivity index (χ3n) is 11.0. The lowest BCUT2D eigenvalue weighted by Gasteiger charge is -2.33. The van der Waals surface area contributed by atoms with E-state index in [2.05, 4.69) is 51.0 Å². The van der Waals surface area contributed by atoms with Crippen LogP contribution in [0, 0.1) is 0 Å². The van der Waals surface area contributed by atoms with Gasteiger partial charge in [0.25, 0.3) is 0 Å². The van der Waals surface area contributed by atoms with Crippen molar-refractivity contribution >= 4 is 63.0 Å². The molecule has 7 aromatic rings. The van der Waals surface area contributed by atoms with E-state index in [9.17, 15) is 4.79 Å². The number of halogens is 2. The summed E-state index contributed by atoms with van der Waals surface area (Å²) in [5.41, 5.74) is 7.31. The summed E-state index contributed by atoms with van der Waals surface area (Å²) in [6, 6.07) is 23.9. The van der Waals surface area contributed by atoms with E-state index in [0.29, 0.717) is 23.3 Å². The average Bonchev–Trinajstić information content (AvgIpc) is 3.85. The molecule has 8 heterocycles. The number of allylic oxidation sites excluding steroid dienone is 1. The number of piperidine rings is 2. The Morgan fingerprint density at radius 2 is 1.02 bits per heavy atom. The van der Waals surface area contributed by atoms with Crippen molar-refractivity contribution in [3.63, 3.8) is 0 Å². The number of likely N-dealkylation sites (tertiary alicyclic amines) is 1. The maximum Gasteiger partial charge on any atom is 0.164 e. The Kier molecular flexibility index (Phi) is 10.5. The molecule has 3 aliphatic rings. The second kappa shape index (κ2) is 16.3. The first-order chi connectivity index (χ1) is 28.0. The minimum Gasteiger partial charge on any atom is -0.371 e. The maximum absolute atomic E-state index is 11.7. The van der Waals surface area contributed by atoms with Gasteiger partial charge in [-0.25, -0.2) is 15.0 Å². The second-order valence-electron chi connectivity index (χ2n) is 14.5. The number of ketones is 1. The molecule has 5 aromatic heterocycles. The number of aliphatic imine (C=N–C) groups is 1. The number of carbonyl (C=O) groups excluding carboxylic acids is 1. The predicted molar refractivity (Wildman–Crippen MR) is 226 cm³/mol. The Bertz CT molecular complexity index is 2570. The molecule has 3 aliphatic heterocycles. The van der Waals surface area contributed by atoms with Crippen LogP contribution in [0.4, 0.5) is 5.69 Å². The summed E-state index contributed by atoms with van der Waals surface area (Å²) >= 11 is 12.2. The summed E-state index contributed by atoms with van der Waals surface area (Å²) in [4.78, 5) is 43.4. The lowest BCUT2D eigenvalue weighted by atomic mass is 9.95. The summed E-state index contributed by atoms with van der Waals surface area (Å²) in [6.45, 7) is 3.72. The number of benzene rings is 2. The van der Waals surface area contributed by atoms with Crippen LogP contribution in [0.25, 0.3) is 33.4 Å². The van der Waals surface area contributed by atoms with Gasteiger partial charge in [0.2, 0.25) is 0 Å². The van der Waals surface area contributed by atoms with Gasteiger partial charge in [-0.1, -0.05) is 23.2 Å². The number of hydrogen-bond donors (Lipinski definition) is 0. The molecule has 0 amide bonds. The molecule has 0 spiro atoms. The Balaban J connectivity index is 0.000000148. The quantitative estimate of drug-likeness (QED) is 0.164. The third-order valence-corrected chi connectivity index (χ3v) is 11.5. The normalized spacial score (nSPS) is 16.5. The zero-order chi connectivity index (χ0) is 38.7. The first-order valence-electron chi connectivity index (χ1n) is 19.3. The molecule has 0 saturated carbocycles. The number of carbonyl (C=O) groups is 1. The molecule has 0 radical (unpaired) electrons. The van der Waals surface area contributed by atoms with Gasteiger partial charge in [-0.05, 0) is 98.5 Å². The molecule has 0 aliphatic carbocycles. The van der Waals surface area contributed by atoms with E-state index in [4.69, 9.17) is 33.2 Å². The molecule has 0 unspecified atom stereocenters. The third kappa shape index (κ3) is 7.77. The van der Waals surface area contributed by atoms with Gasteiger partial charge in [-0.3, -0.25) is 28.9 Å². The molecular weight excluding hydrogens is 755 g/mol. The van der Waals surface area contributed by atoms with Crippen LogP contribution >= 0.6 is 23.2 Å². The highest BCUT2D eigenvalue weighted by Crippen LogP contribution is 2.35.